The number of nitrogens with one attached hydrogen (secondary N) is 1. The van der Waals surface area contributed by atoms with Crippen molar-refractivity contribution in [2.24, 2.45) is 5.92 Å². The van der Waals surface area contributed by atoms with Gasteiger partial charge in [0.15, 0.2) is 0 Å². The fraction of sp³-hybridized carbons (Fsp3) is 0.379. The van der Waals surface area contributed by atoms with E-state index in [-0.39, 0.29) is 5.91 Å². The van der Waals surface area contributed by atoms with Crippen LogP contribution in [-0.4, -0.2) is 46.9 Å². The number of thiol groups is 1. The first kappa shape index (κ1) is 24.5. The number of aryl methyl sites for hydroxylation is 1. The molecule has 0 unspecified atom stereocenters. The van der Waals surface area contributed by atoms with Crippen LogP contribution >= 0.6 is 12.6 Å². The molecule has 1 saturated heterocycles. The van der Waals surface area contributed by atoms with Crippen LogP contribution in [0.5, 0.6) is 0 Å². The van der Waals surface area contributed by atoms with E-state index in [1.54, 1.807) is 6.20 Å². The van der Waals surface area contributed by atoms with Gasteiger partial charge in [0.25, 0.3) is 5.91 Å². The summed E-state index contributed by atoms with van der Waals surface area (Å²) in [6, 6.07) is 8.08. The van der Waals surface area contributed by atoms with E-state index < -0.39 is 0 Å². The lowest BCUT2D eigenvalue weighted by Crippen LogP contribution is -2.45. The Balaban J connectivity index is 1.30. The van der Waals surface area contributed by atoms with E-state index in [4.69, 9.17) is 12.6 Å². The van der Waals surface area contributed by atoms with Crippen molar-refractivity contribution < 1.29 is 4.79 Å². The Bertz CT molecular complexity index is 1220. The van der Waals surface area contributed by atoms with Gasteiger partial charge in [-0.2, -0.15) is 0 Å². The van der Waals surface area contributed by atoms with Crippen LogP contribution < -0.4 is 10.2 Å². The van der Waals surface area contributed by atoms with Crippen molar-refractivity contribution in [3.05, 3.63) is 84.0 Å². The number of amides is 1. The standard InChI is InChI=1S/C29H35N5OS/c1-19-15-26-28(30-17-19)34(22(4)31-29(26)35)18-23-9-10-27(36)25(16-23)21(3)33-13-11-32(12-14-33)20(2)24-7-5-6-8-24/h9-10,15-17,24,36H,2-8,11-14,18H2,1H3,(H,31,35). The average molecular weight is 502 g/mol. The number of fused-ring (bicyclic) bond motifs is 1. The number of benzene rings is 1. The number of allylic oxidation sites excluding steroid dienone is 1. The Morgan fingerprint density at radius 2 is 1.81 bits per heavy atom. The van der Waals surface area contributed by atoms with E-state index in [9.17, 15) is 4.79 Å². The molecule has 0 radical (unpaired) electrons. The van der Waals surface area contributed by atoms with Gasteiger partial charge in [0, 0.05) is 54.2 Å². The minimum atomic E-state index is -0.169. The second-order valence-electron chi connectivity index (χ2n) is 10.1. The summed E-state index contributed by atoms with van der Waals surface area (Å²) in [6.45, 7) is 19.2. The number of pyridine rings is 1. The number of carbonyl (C=O) groups excluding carboxylic acids is 1. The molecule has 3 heterocycles. The van der Waals surface area contributed by atoms with E-state index in [0.717, 1.165) is 53.5 Å². The summed E-state index contributed by atoms with van der Waals surface area (Å²) in [5.74, 6) is 1.65. The van der Waals surface area contributed by atoms with Gasteiger partial charge in [0.1, 0.15) is 11.6 Å². The van der Waals surface area contributed by atoms with Gasteiger partial charge >= 0.3 is 0 Å². The van der Waals surface area contributed by atoms with Crippen molar-refractivity contribution in [1.82, 2.24) is 20.1 Å². The zero-order chi connectivity index (χ0) is 25.4. The van der Waals surface area contributed by atoms with E-state index in [1.165, 1.54) is 31.4 Å². The van der Waals surface area contributed by atoms with E-state index in [2.05, 4.69) is 52.0 Å². The molecule has 7 heteroatoms. The molecular formula is C29H35N5OS. The first-order chi connectivity index (χ1) is 17.3. The van der Waals surface area contributed by atoms with Crippen molar-refractivity contribution in [1.29, 1.82) is 0 Å². The Kier molecular flexibility index (Phi) is 6.84. The van der Waals surface area contributed by atoms with Crippen LogP contribution in [0, 0.1) is 12.8 Å². The molecule has 1 N–H and O–H groups in total. The molecule has 1 aromatic heterocycles. The lowest BCUT2D eigenvalue weighted by molar-refractivity contribution is 0.0960. The van der Waals surface area contributed by atoms with Gasteiger partial charge in [0.2, 0.25) is 0 Å². The number of rotatable bonds is 6. The highest BCUT2D eigenvalue weighted by atomic mass is 32.1. The monoisotopic (exact) mass is 501 g/mol. The third-order valence-corrected chi connectivity index (χ3v) is 8.08. The number of aromatic nitrogens is 1. The lowest BCUT2D eigenvalue weighted by atomic mass is 10.0. The fourth-order valence-electron chi connectivity index (χ4n) is 5.55. The number of hydrogen-bond acceptors (Lipinski definition) is 6. The van der Waals surface area contributed by atoms with Crippen molar-refractivity contribution in [2.75, 3.05) is 31.1 Å². The summed E-state index contributed by atoms with van der Waals surface area (Å²) in [5.41, 5.74) is 5.93. The van der Waals surface area contributed by atoms with Gasteiger partial charge in [-0.1, -0.05) is 38.6 Å². The van der Waals surface area contributed by atoms with Gasteiger partial charge in [-0.25, -0.2) is 4.98 Å². The Labute approximate surface area is 219 Å². The SMILES string of the molecule is C=C(c1cc(CN2C(=C)NC(=O)c3cc(C)cnc32)ccc1S)N1CCN(C(=C)C2CCCC2)CC1. The molecule has 1 aliphatic carbocycles. The molecule has 1 amide bonds. The summed E-state index contributed by atoms with van der Waals surface area (Å²) in [7, 11) is 0. The van der Waals surface area contributed by atoms with Crippen LogP contribution in [0.15, 0.2) is 66.6 Å². The maximum Gasteiger partial charge on any atom is 0.260 e. The number of hydrogen-bond donors (Lipinski definition) is 2. The molecule has 1 aromatic carbocycles. The molecule has 0 bridgehead atoms. The summed E-state index contributed by atoms with van der Waals surface area (Å²) in [5, 5.41) is 2.87. The number of piperazine rings is 1. The first-order valence-corrected chi connectivity index (χ1v) is 13.2. The van der Waals surface area contributed by atoms with Gasteiger partial charge in [-0.3, -0.25) is 4.79 Å². The number of anilines is 1. The van der Waals surface area contributed by atoms with Crippen LogP contribution in [0.4, 0.5) is 5.82 Å². The molecule has 0 spiro atoms. The third-order valence-electron chi connectivity index (χ3n) is 7.69. The highest BCUT2D eigenvalue weighted by Gasteiger charge is 2.28. The van der Waals surface area contributed by atoms with Crippen molar-refractivity contribution in [2.45, 2.75) is 44.0 Å². The summed E-state index contributed by atoms with van der Waals surface area (Å²) < 4.78 is 0. The second-order valence-corrected chi connectivity index (χ2v) is 10.6. The van der Waals surface area contributed by atoms with Crippen LogP contribution in [-0.2, 0) is 6.54 Å². The molecule has 5 rings (SSSR count). The second kappa shape index (κ2) is 10.1. The van der Waals surface area contributed by atoms with E-state index in [0.29, 0.717) is 29.7 Å². The molecule has 0 atom stereocenters. The normalized spacial score (nSPS) is 18.3. The smallest absolute Gasteiger partial charge is 0.260 e. The van der Waals surface area contributed by atoms with Crippen molar-refractivity contribution >= 4 is 30.1 Å². The maximum absolute atomic E-state index is 12.5. The maximum atomic E-state index is 12.5. The zero-order valence-electron chi connectivity index (χ0n) is 21.1. The summed E-state index contributed by atoms with van der Waals surface area (Å²) >= 11 is 4.75. The predicted octanol–water partition coefficient (Wildman–Crippen LogP) is 5.19. The molecule has 1 saturated carbocycles. The first-order valence-electron chi connectivity index (χ1n) is 12.8. The molecular weight excluding hydrogens is 466 g/mol. The van der Waals surface area contributed by atoms with Gasteiger partial charge in [-0.05, 0) is 55.0 Å². The summed E-state index contributed by atoms with van der Waals surface area (Å²) in [6.07, 6.45) is 7.02. The topological polar surface area (TPSA) is 51.7 Å². The average Bonchev–Trinajstić information content (AvgIpc) is 3.42. The molecule has 2 fully saturated rings. The molecule has 188 valence electrons. The van der Waals surface area contributed by atoms with Gasteiger partial charge in [0.05, 0.1) is 12.1 Å². The predicted molar refractivity (Wildman–Crippen MR) is 149 cm³/mol. The molecule has 2 aromatic rings. The minimum absolute atomic E-state index is 0.169. The van der Waals surface area contributed by atoms with Crippen LogP contribution in [0.3, 0.4) is 0 Å². The van der Waals surface area contributed by atoms with Crippen molar-refractivity contribution in [3.8, 4) is 0 Å². The number of nitrogens with zero attached hydrogens (tertiary/aromatic N) is 4. The Hall–Kier alpha value is -3.19. The van der Waals surface area contributed by atoms with E-state index in [1.807, 2.05) is 24.0 Å². The lowest BCUT2D eigenvalue weighted by Gasteiger charge is -2.40. The van der Waals surface area contributed by atoms with E-state index >= 15 is 0 Å². The number of carbonyl (C=O) groups is 1. The highest BCUT2D eigenvalue weighted by molar-refractivity contribution is 7.80. The van der Waals surface area contributed by atoms with Crippen molar-refractivity contribution in [3.63, 3.8) is 0 Å². The Morgan fingerprint density at radius 3 is 2.53 bits per heavy atom. The molecule has 2 aliphatic heterocycles. The fourth-order valence-corrected chi connectivity index (χ4v) is 5.82. The van der Waals surface area contributed by atoms with Crippen LogP contribution in [0.25, 0.3) is 5.70 Å². The van der Waals surface area contributed by atoms with Crippen LogP contribution in [0.1, 0.15) is 52.7 Å². The molecule has 36 heavy (non-hydrogen) atoms. The molecule has 3 aliphatic rings. The highest BCUT2D eigenvalue weighted by Crippen LogP contribution is 2.34. The Morgan fingerprint density at radius 1 is 1.11 bits per heavy atom. The minimum Gasteiger partial charge on any atom is -0.372 e. The largest absolute Gasteiger partial charge is 0.372 e. The summed E-state index contributed by atoms with van der Waals surface area (Å²) in [4.78, 5) is 24.7. The third kappa shape index (κ3) is 4.76. The van der Waals surface area contributed by atoms with Gasteiger partial charge < -0.3 is 20.0 Å². The van der Waals surface area contributed by atoms with Gasteiger partial charge in [-0.15, -0.1) is 12.6 Å². The van der Waals surface area contributed by atoms with Crippen LogP contribution in [0.2, 0.25) is 0 Å². The quantitative estimate of drug-likeness (QED) is 0.534. The zero-order valence-corrected chi connectivity index (χ0v) is 22.0. The molecule has 6 nitrogen and oxygen atoms in total.